The minimum absolute atomic E-state index is 0.0949. The van der Waals surface area contributed by atoms with E-state index in [9.17, 15) is 5.11 Å². The molecule has 0 amide bonds. The smallest absolute Gasteiger partial charge is 0.230 e. The van der Waals surface area contributed by atoms with Crippen molar-refractivity contribution < 1.29 is 9.84 Å². The first-order valence-corrected chi connectivity index (χ1v) is 11.3. The summed E-state index contributed by atoms with van der Waals surface area (Å²) in [6, 6.07) is 16.4. The number of nitrogens with zero attached hydrogens (tertiary/aromatic N) is 4. The number of pyridine rings is 2. The molecule has 2 fully saturated rings. The maximum Gasteiger partial charge on any atom is 0.230 e. The third kappa shape index (κ3) is 3.96. The summed E-state index contributed by atoms with van der Waals surface area (Å²) in [5.41, 5.74) is 1.02. The van der Waals surface area contributed by atoms with Gasteiger partial charge in [-0.3, -0.25) is 0 Å². The van der Waals surface area contributed by atoms with Gasteiger partial charge >= 0.3 is 0 Å². The molecule has 2 aliphatic rings. The molecule has 4 heterocycles. The molecule has 1 aromatic carbocycles. The Hall–Kier alpha value is -2.38. The Morgan fingerprint density at radius 3 is 2.47 bits per heavy atom. The molecule has 7 heteroatoms. The van der Waals surface area contributed by atoms with Crippen LogP contribution in [-0.2, 0) is 0 Å². The maximum atomic E-state index is 9.35. The molecule has 0 atom stereocenters. The van der Waals surface area contributed by atoms with Crippen molar-refractivity contribution in [2.24, 2.45) is 5.92 Å². The molecule has 156 valence electrons. The predicted molar refractivity (Wildman–Crippen MR) is 122 cm³/mol. The molecule has 1 N–H and O–H groups in total. The average Bonchev–Trinajstić information content (AvgIpc) is 2.77. The third-order valence-electron chi connectivity index (χ3n) is 6.03. The van der Waals surface area contributed by atoms with Crippen LogP contribution in [-0.4, -0.2) is 54.0 Å². The number of fused-ring (bicyclic) bond motifs is 1. The molecule has 0 aliphatic carbocycles. The van der Waals surface area contributed by atoms with E-state index in [2.05, 4.69) is 43.9 Å². The quantitative estimate of drug-likeness (QED) is 0.613. The zero-order valence-corrected chi connectivity index (χ0v) is 18.3. The first kappa shape index (κ1) is 19.6. The van der Waals surface area contributed by atoms with Gasteiger partial charge in [0.25, 0.3) is 0 Å². The minimum atomic E-state index is 0.0949. The van der Waals surface area contributed by atoms with E-state index in [0.29, 0.717) is 11.8 Å². The van der Waals surface area contributed by atoms with Crippen LogP contribution in [0.5, 0.6) is 5.88 Å². The third-order valence-corrected chi connectivity index (χ3v) is 6.63. The van der Waals surface area contributed by atoms with Crippen LogP contribution in [0.15, 0.2) is 53.0 Å². The summed E-state index contributed by atoms with van der Waals surface area (Å²) < 4.78 is 7.07. The van der Waals surface area contributed by atoms with Gasteiger partial charge in [0.05, 0.1) is 23.1 Å². The number of aliphatic hydroxyl groups is 1. The lowest BCUT2D eigenvalue weighted by Gasteiger charge is -2.40. The van der Waals surface area contributed by atoms with Crippen molar-refractivity contribution in [2.45, 2.75) is 18.9 Å². The van der Waals surface area contributed by atoms with Crippen LogP contribution in [0.4, 0.5) is 11.6 Å². The highest BCUT2D eigenvalue weighted by Gasteiger charge is 2.31. The molecular formula is C23H25BrN4O2. The van der Waals surface area contributed by atoms with Gasteiger partial charge in [-0.2, -0.15) is 4.98 Å². The summed E-state index contributed by atoms with van der Waals surface area (Å²) in [4.78, 5) is 14.0. The Labute approximate surface area is 184 Å². The summed E-state index contributed by atoms with van der Waals surface area (Å²) in [5.74, 6) is 2.99. The van der Waals surface area contributed by atoms with Gasteiger partial charge in [0.1, 0.15) is 17.7 Å². The van der Waals surface area contributed by atoms with E-state index in [0.717, 1.165) is 66.0 Å². The zero-order chi connectivity index (χ0) is 20.5. The van der Waals surface area contributed by atoms with Crippen LogP contribution in [0, 0.1) is 5.92 Å². The van der Waals surface area contributed by atoms with E-state index >= 15 is 0 Å². The fourth-order valence-electron chi connectivity index (χ4n) is 4.11. The molecular weight excluding hydrogens is 444 g/mol. The first-order valence-electron chi connectivity index (χ1n) is 10.5. The number of aromatic nitrogens is 2. The van der Waals surface area contributed by atoms with Gasteiger partial charge in [-0.05, 0) is 65.0 Å². The van der Waals surface area contributed by atoms with E-state index in [1.54, 1.807) is 0 Å². The Morgan fingerprint density at radius 1 is 0.933 bits per heavy atom. The lowest BCUT2D eigenvalue weighted by Crippen LogP contribution is -2.54. The number of rotatable bonds is 5. The largest absolute Gasteiger partial charge is 0.470 e. The van der Waals surface area contributed by atoms with Gasteiger partial charge in [0.2, 0.25) is 5.88 Å². The van der Waals surface area contributed by atoms with Crippen LogP contribution < -0.4 is 14.5 Å². The molecule has 2 saturated heterocycles. The van der Waals surface area contributed by atoms with Crippen molar-refractivity contribution in [1.82, 2.24) is 9.97 Å². The fourth-order valence-corrected chi connectivity index (χ4v) is 4.42. The van der Waals surface area contributed by atoms with Gasteiger partial charge in [-0.1, -0.05) is 18.2 Å². The Kier molecular flexibility index (Phi) is 5.48. The molecule has 2 aromatic heterocycles. The molecule has 3 aromatic rings. The number of piperidine rings is 1. The van der Waals surface area contributed by atoms with Crippen molar-refractivity contribution in [1.29, 1.82) is 0 Å². The second kappa shape index (κ2) is 8.40. The number of hydrogen-bond acceptors (Lipinski definition) is 6. The lowest BCUT2D eigenvalue weighted by atomic mass is 9.98. The fraction of sp³-hybridized carbons (Fsp3) is 0.391. The van der Waals surface area contributed by atoms with E-state index in [4.69, 9.17) is 14.7 Å². The SMILES string of the molecule is OCC1CCN(c2ccc(Br)c(OC3CN(c4ccc5ccccc5n4)C3)n2)CC1. The van der Waals surface area contributed by atoms with Crippen LogP contribution in [0.2, 0.25) is 0 Å². The normalized spacial score (nSPS) is 17.9. The van der Waals surface area contributed by atoms with Crippen LogP contribution in [0.1, 0.15) is 12.8 Å². The number of aliphatic hydroxyl groups excluding tert-OH is 1. The summed E-state index contributed by atoms with van der Waals surface area (Å²) in [6.45, 7) is 3.71. The molecule has 0 spiro atoms. The van der Waals surface area contributed by atoms with E-state index < -0.39 is 0 Å². The van der Waals surface area contributed by atoms with Crippen molar-refractivity contribution in [2.75, 3.05) is 42.6 Å². The second-order valence-electron chi connectivity index (χ2n) is 8.08. The van der Waals surface area contributed by atoms with E-state index in [1.807, 2.05) is 30.3 Å². The van der Waals surface area contributed by atoms with Crippen LogP contribution in [0.25, 0.3) is 10.9 Å². The number of ether oxygens (including phenoxy) is 1. The summed E-state index contributed by atoms with van der Waals surface area (Å²) in [7, 11) is 0. The molecule has 30 heavy (non-hydrogen) atoms. The van der Waals surface area contributed by atoms with E-state index in [-0.39, 0.29) is 12.7 Å². The van der Waals surface area contributed by atoms with Crippen molar-refractivity contribution in [3.8, 4) is 5.88 Å². The highest BCUT2D eigenvalue weighted by molar-refractivity contribution is 9.10. The second-order valence-corrected chi connectivity index (χ2v) is 8.93. The van der Waals surface area contributed by atoms with Crippen molar-refractivity contribution in [3.05, 3.63) is 53.0 Å². The van der Waals surface area contributed by atoms with Crippen molar-refractivity contribution >= 4 is 38.5 Å². The van der Waals surface area contributed by atoms with Gasteiger partial charge < -0.3 is 19.6 Å². The molecule has 0 bridgehead atoms. The maximum absolute atomic E-state index is 9.35. The lowest BCUT2D eigenvalue weighted by molar-refractivity contribution is 0.159. The number of anilines is 2. The molecule has 0 radical (unpaired) electrons. The molecule has 0 saturated carbocycles. The van der Waals surface area contributed by atoms with Gasteiger partial charge in [0.15, 0.2) is 0 Å². The Morgan fingerprint density at radius 2 is 1.67 bits per heavy atom. The monoisotopic (exact) mass is 468 g/mol. The number of para-hydroxylation sites is 1. The predicted octanol–water partition coefficient (Wildman–Crippen LogP) is 3.87. The van der Waals surface area contributed by atoms with Crippen molar-refractivity contribution in [3.63, 3.8) is 0 Å². The Bertz CT molecular complexity index is 1030. The van der Waals surface area contributed by atoms with Gasteiger partial charge in [-0.15, -0.1) is 0 Å². The standard InChI is InChI=1S/C23H25BrN4O2/c24-19-6-8-22(27-11-9-16(15-29)10-12-27)26-23(19)30-18-13-28(14-18)21-7-5-17-3-1-2-4-20(17)25-21/h1-8,16,18,29H,9-15H2. The summed E-state index contributed by atoms with van der Waals surface area (Å²) >= 11 is 3.58. The number of halogens is 1. The molecule has 0 unspecified atom stereocenters. The first-order chi connectivity index (χ1) is 14.7. The Balaban J connectivity index is 1.22. The molecule has 6 nitrogen and oxygen atoms in total. The average molecular weight is 469 g/mol. The molecule has 5 rings (SSSR count). The summed E-state index contributed by atoms with van der Waals surface area (Å²) in [5, 5.41) is 10.5. The highest BCUT2D eigenvalue weighted by Crippen LogP contribution is 2.31. The van der Waals surface area contributed by atoms with E-state index in [1.165, 1.54) is 0 Å². The zero-order valence-electron chi connectivity index (χ0n) is 16.7. The van der Waals surface area contributed by atoms with Crippen LogP contribution in [0.3, 0.4) is 0 Å². The minimum Gasteiger partial charge on any atom is -0.470 e. The summed E-state index contributed by atoms with van der Waals surface area (Å²) in [6.07, 6.45) is 2.10. The van der Waals surface area contributed by atoms with Gasteiger partial charge in [-0.25, -0.2) is 4.98 Å². The van der Waals surface area contributed by atoms with Gasteiger partial charge in [0, 0.05) is 25.1 Å². The number of benzene rings is 1. The topological polar surface area (TPSA) is 61.7 Å². The molecule has 2 aliphatic heterocycles. The number of hydrogen-bond donors (Lipinski definition) is 1. The highest BCUT2D eigenvalue weighted by atomic mass is 79.9. The van der Waals surface area contributed by atoms with Crippen LogP contribution >= 0.6 is 15.9 Å².